The van der Waals surface area contributed by atoms with Crippen molar-refractivity contribution in [2.24, 2.45) is 0 Å². The molecule has 0 spiro atoms. The summed E-state index contributed by atoms with van der Waals surface area (Å²) in [5.74, 6) is 0.106. The second-order valence-corrected chi connectivity index (χ2v) is 6.61. The van der Waals surface area contributed by atoms with E-state index in [2.05, 4.69) is 11.4 Å². The molecule has 1 N–H and O–H groups in total. The largest absolute Gasteiger partial charge is 0.483 e. The number of rotatable bonds is 8. The molecule has 0 aliphatic carbocycles. The van der Waals surface area contributed by atoms with Gasteiger partial charge in [-0.1, -0.05) is 19.4 Å². The van der Waals surface area contributed by atoms with E-state index in [-0.39, 0.29) is 18.5 Å². The van der Waals surface area contributed by atoms with Gasteiger partial charge in [0.1, 0.15) is 5.75 Å². The number of unbranched alkanes of at least 4 members (excludes halogenated alkanes) is 1. The van der Waals surface area contributed by atoms with Gasteiger partial charge in [-0.25, -0.2) is 4.79 Å². The van der Waals surface area contributed by atoms with Crippen LogP contribution in [-0.4, -0.2) is 25.1 Å². The zero-order valence-electron chi connectivity index (χ0n) is 16.4. The summed E-state index contributed by atoms with van der Waals surface area (Å²) < 4.78 is 10.8. The van der Waals surface area contributed by atoms with Gasteiger partial charge in [0.2, 0.25) is 0 Å². The lowest BCUT2D eigenvalue weighted by atomic mass is 10.1. The smallest absolute Gasteiger partial charge is 0.338 e. The van der Waals surface area contributed by atoms with Gasteiger partial charge in [-0.3, -0.25) is 4.79 Å². The molecule has 0 aromatic heterocycles. The van der Waals surface area contributed by atoms with Gasteiger partial charge in [0.05, 0.1) is 12.2 Å². The van der Waals surface area contributed by atoms with Gasteiger partial charge in [0.25, 0.3) is 5.91 Å². The monoisotopic (exact) mass is 369 g/mol. The summed E-state index contributed by atoms with van der Waals surface area (Å²) in [5, 5.41) is 2.76. The van der Waals surface area contributed by atoms with Crippen molar-refractivity contribution in [2.45, 2.75) is 40.5 Å². The van der Waals surface area contributed by atoms with Crippen molar-refractivity contribution in [3.63, 3.8) is 0 Å². The van der Waals surface area contributed by atoms with E-state index in [1.807, 2.05) is 33.8 Å². The molecule has 0 unspecified atom stereocenters. The molecule has 5 heteroatoms. The molecule has 0 fully saturated rings. The number of aryl methyl sites for hydroxylation is 2. The lowest BCUT2D eigenvalue weighted by Gasteiger charge is -2.12. The zero-order chi connectivity index (χ0) is 19.8. The van der Waals surface area contributed by atoms with Gasteiger partial charge in [-0.2, -0.15) is 0 Å². The number of benzene rings is 2. The molecule has 0 aliphatic rings. The molecule has 2 rings (SSSR count). The number of esters is 1. The number of hydrogen-bond donors (Lipinski definition) is 1. The van der Waals surface area contributed by atoms with Crippen LogP contribution in [0.3, 0.4) is 0 Å². The molecule has 144 valence electrons. The van der Waals surface area contributed by atoms with Crippen LogP contribution in [-0.2, 0) is 9.53 Å². The Morgan fingerprint density at radius 1 is 1.04 bits per heavy atom. The second kappa shape index (κ2) is 9.76. The molecular formula is C22H27NO4. The molecule has 2 aromatic rings. The SMILES string of the molecule is CCCCOC(=O)c1ccc(NC(=O)COc2cc(C)cc(C)c2C)cc1. The summed E-state index contributed by atoms with van der Waals surface area (Å²) in [5.41, 5.74) is 4.32. The lowest BCUT2D eigenvalue weighted by molar-refractivity contribution is -0.118. The number of amides is 1. The number of anilines is 1. The quantitative estimate of drug-likeness (QED) is 0.546. The van der Waals surface area contributed by atoms with E-state index in [0.29, 0.717) is 23.6 Å². The zero-order valence-corrected chi connectivity index (χ0v) is 16.4. The van der Waals surface area contributed by atoms with Crippen molar-refractivity contribution in [3.8, 4) is 5.75 Å². The highest BCUT2D eigenvalue weighted by Gasteiger charge is 2.10. The van der Waals surface area contributed by atoms with Crippen molar-refractivity contribution in [1.82, 2.24) is 0 Å². The Morgan fingerprint density at radius 3 is 2.41 bits per heavy atom. The summed E-state index contributed by atoms with van der Waals surface area (Å²) >= 11 is 0. The number of ether oxygens (including phenoxy) is 2. The van der Waals surface area contributed by atoms with Crippen molar-refractivity contribution < 1.29 is 19.1 Å². The Balaban J connectivity index is 1.88. The average Bonchev–Trinajstić information content (AvgIpc) is 2.64. The summed E-state index contributed by atoms with van der Waals surface area (Å²) in [7, 11) is 0. The first-order valence-electron chi connectivity index (χ1n) is 9.18. The topological polar surface area (TPSA) is 64.6 Å². The van der Waals surface area contributed by atoms with Crippen molar-refractivity contribution in [3.05, 3.63) is 58.7 Å². The molecule has 27 heavy (non-hydrogen) atoms. The molecule has 2 aromatic carbocycles. The standard InChI is InChI=1S/C22H27NO4/c1-5-6-11-26-22(25)18-7-9-19(10-8-18)23-21(24)14-27-20-13-15(2)12-16(3)17(20)4/h7-10,12-13H,5-6,11,14H2,1-4H3,(H,23,24). The normalized spacial score (nSPS) is 10.4. The Hall–Kier alpha value is -2.82. The molecule has 5 nitrogen and oxygen atoms in total. The van der Waals surface area contributed by atoms with Gasteiger partial charge in [-0.15, -0.1) is 0 Å². The van der Waals surface area contributed by atoms with Crippen LogP contribution in [0.25, 0.3) is 0 Å². The van der Waals surface area contributed by atoms with Crippen molar-refractivity contribution >= 4 is 17.6 Å². The van der Waals surface area contributed by atoms with Crippen LogP contribution in [0.4, 0.5) is 5.69 Å². The molecular weight excluding hydrogens is 342 g/mol. The van der Waals surface area contributed by atoms with Crippen LogP contribution in [0.5, 0.6) is 5.75 Å². The molecule has 0 heterocycles. The maximum atomic E-state index is 12.1. The first kappa shape index (κ1) is 20.5. The Morgan fingerprint density at radius 2 is 1.74 bits per heavy atom. The molecule has 0 aliphatic heterocycles. The fourth-order valence-corrected chi connectivity index (χ4v) is 2.57. The van der Waals surface area contributed by atoms with E-state index < -0.39 is 0 Å². The van der Waals surface area contributed by atoms with E-state index in [1.165, 1.54) is 0 Å². The minimum Gasteiger partial charge on any atom is -0.483 e. The van der Waals surface area contributed by atoms with Gasteiger partial charge in [0, 0.05) is 5.69 Å². The summed E-state index contributed by atoms with van der Waals surface area (Å²) in [4.78, 5) is 24.0. The van der Waals surface area contributed by atoms with E-state index in [1.54, 1.807) is 24.3 Å². The number of hydrogen-bond acceptors (Lipinski definition) is 4. The fraction of sp³-hybridized carbons (Fsp3) is 0.364. The van der Waals surface area contributed by atoms with Crippen molar-refractivity contribution in [2.75, 3.05) is 18.5 Å². The summed E-state index contributed by atoms with van der Waals surface area (Å²) in [6.07, 6.45) is 1.82. The Bertz CT molecular complexity index is 797. The third kappa shape index (κ3) is 6.13. The maximum absolute atomic E-state index is 12.1. The minimum absolute atomic E-state index is 0.0788. The maximum Gasteiger partial charge on any atom is 0.338 e. The molecule has 0 saturated carbocycles. The highest BCUT2D eigenvalue weighted by Crippen LogP contribution is 2.23. The van der Waals surface area contributed by atoms with E-state index in [4.69, 9.17) is 9.47 Å². The van der Waals surface area contributed by atoms with E-state index >= 15 is 0 Å². The summed E-state index contributed by atoms with van der Waals surface area (Å²) in [6, 6.07) is 10.6. The first-order valence-corrected chi connectivity index (χ1v) is 9.18. The third-order valence-electron chi connectivity index (χ3n) is 4.26. The number of carbonyl (C=O) groups is 2. The van der Waals surface area contributed by atoms with Crippen LogP contribution >= 0.6 is 0 Å². The van der Waals surface area contributed by atoms with E-state index in [9.17, 15) is 9.59 Å². The van der Waals surface area contributed by atoms with Gasteiger partial charge >= 0.3 is 5.97 Å². The van der Waals surface area contributed by atoms with Crippen LogP contribution in [0, 0.1) is 20.8 Å². The molecule has 0 saturated heterocycles. The lowest BCUT2D eigenvalue weighted by Crippen LogP contribution is -2.20. The van der Waals surface area contributed by atoms with Crippen LogP contribution in [0.15, 0.2) is 36.4 Å². The Kier molecular flexibility index (Phi) is 7.41. The predicted molar refractivity (Wildman–Crippen MR) is 106 cm³/mol. The predicted octanol–water partition coefficient (Wildman–Crippen LogP) is 4.59. The van der Waals surface area contributed by atoms with Gasteiger partial charge in [-0.05, 0) is 74.2 Å². The van der Waals surface area contributed by atoms with Gasteiger partial charge < -0.3 is 14.8 Å². The van der Waals surface area contributed by atoms with Crippen LogP contribution in [0.1, 0.15) is 46.8 Å². The molecule has 0 radical (unpaired) electrons. The number of nitrogens with one attached hydrogen (secondary N) is 1. The van der Waals surface area contributed by atoms with Crippen molar-refractivity contribution in [1.29, 1.82) is 0 Å². The van der Waals surface area contributed by atoms with Crippen LogP contribution in [0.2, 0.25) is 0 Å². The second-order valence-electron chi connectivity index (χ2n) is 6.61. The highest BCUT2D eigenvalue weighted by atomic mass is 16.5. The van der Waals surface area contributed by atoms with Gasteiger partial charge in [0.15, 0.2) is 6.61 Å². The first-order chi connectivity index (χ1) is 12.9. The minimum atomic E-state index is -0.352. The molecule has 0 bridgehead atoms. The average molecular weight is 369 g/mol. The third-order valence-corrected chi connectivity index (χ3v) is 4.26. The number of carbonyl (C=O) groups excluding carboxylic acids is 2. The van der Waals surface area contributed by atoms with Crippen LogP contribution < -0.4 is 10.1 Å². The summed E-state index contributed by atoms with van der Waals surface area (Å²) in [6.45, 7) is 8.36. The molecule has 1 amide bonds. The van der Waals surface area contributed by atoms with E-state index in [0.717, 1.165) is 29.5 Å². The highest BCUT2D eigenvalue weighted by molar-refractivity contribution is 5.93. The Labute approximate surface area is 160 Å². The molecule has 0 atom stereocenters. The fourth-order valence-electron chi connectivity index (χ4n) is 2.57.